The summed E-state index contributed by atoms with van der Waals surface area (Å²) in [5.41, 5.74) is 1.62. The van der Waals surface area contributed by atoms with Crippen molar-refractivity contribution in [3.8, 4) is 5.82 Å². The summed E-state index contributed by atoms with van der Waals surface area (Å²) in [4.78, 5) is 14.4. The van der Waals surface area contributed by atoms with Crippen LogP contribution in [0.15, 0.2) is 18.5 Å². The predicted octanol–water partition coefficient (Wildman–Crippen LogP) is 0.0387. The molecule has 0 spiro atoms. The molecule has 0 aliphatic carbocycles. The Morgan fingerprint density at radius 3 is 3.00 bits per heavy atom. The maximum atomic E-state index is 10.1. The number of carbonyl (C=O) groups excluding carboxylic acids is 1. The van der Waals surface area contributed by atoms with Gasteiger partial charge in [-0.1, -0.05) is 6.07 Å². The first-order valence-corrected chi connectivity index (χ1v) is 4.56. The number of hydrogen-bond acceptors (Lipinski definition) is 6. The largest absolute Gasteiger partial charge is 0.463 e. The molecule has 0 unspecified atom stereocenters. The van der Waals surface area contributed by atoms with E-state index in [9.17, 15) is 4.79 Å². The van der Waals surface area contributed by atoms with Gasteiger partial charge >= 0.3 is 0 Å². The summed E-state index contributed by atoms with van der Waals surface area (Å²) < 4.78 is 6.12. The maximum Gasteiger partial charge on any atom is 0.293 e. The molecule has 2 aromatic heterocycles. The predicted molar refractivity (Wildman–Crippen MR) is 52.5 cm³/mol. The number of aromatic nitrogens is 5. The van der Waals surface area contributed by atoms with Crippen LogP contribution in [0.4, 0.5) is 0 Å². The van der Waals surface area contributed by atoms with E-state index in [0.29, 0.717) is 12.3 Å². The van der Waals surface area contributed by atoms with E-state index >= 15 is 0 Å². The van der Waals surface area contributed by atoms with E-state index in [1.54, 1.807) is 6.07 Å². The number of pyridine rings is 1. The van der Waals surface area contributed by atoms with E-state index in [0.717, 1.165) is 11.3 Å². The van der Waals surface area contributed by atoms with Gasteiger partial charge in [-0.2, -0.15) is 4.68 Å². The Balaban J connectivity index is 2.26. The van der Waals surface area contributed by atoms with Crippen LogP contribution in [0.5, 0.6) is 0 Å². The van der Waals surface area contributed by atoms with Gasteiger partial charge in [0.05, 0.1) is 0 Å². The second-order valence-corrected chi connectivity index (χ2v) is 3.08. The van der Waals surface area contributed by atoms with Gasteiger partial charge in [-0.05, 0) is 23.4 Å². The van der Waals surface area contributed by atoms with E-state index in [1.165, 1.54) is 11.0 Å². The molecule has 0 aliphatic rings. The topological polar surface area (TPSA) is 82.8 Å². The molecule has 0 fully saturated rings. The van der Waals surface area contributed by atoms with Crippen molar-refractivity contribution in [3.05, 3.63) is 29.7 Å². The first kappa shape index (κ1) is 10.2. The van der Waals surface area contributed by atoms with Gasteiger partial charge in [0.1, 0.15) is 12.9 Å². The van der Waals surface area contributed by atoms with Crippen molar-refractivity contribution in [1.82, 2.24) is 25.2 Å². The fraction of sp³-hybridized carbons (Fsp3) is 0.222. The fourth-order valence-corrected chi connectivity index (χ4v) is 1.25. The van der Waals surface area contributed by atoms with E-state index < -0.39 is 0 Å². The minimum Gasteiger partial charge on any atom is -0.463 e. The number of aryl methyl sites for hydroxylation is 1. The first-order valence-electron chi connectivity index (χ1n) is 4.56. The molecule has 2 rings (SSSR count). The van der Waals surface area contributed by atoms with Crippen LogP contribution in [0, 0.1) is 6.92 Å². The number of tetrazole rings is 1. The highest BCUT2D eigenvalue weighted by atomic mass is 16.5. The number of rotatable bonds is 4. The average molecular weight is 219 g/mol. The summed E-state index contributed by atoms with van der Waals surface area (Å²) in [6.45, 7) is 2.46. The maximum absolute atomic E-state index is 10.1. The Kier molecular flexibility index (Phi) is 2.86. The molecular weight excluding hydrogens is 210 g/mol. The first-order chi connectivity index (χ1) is 7.81. The van der Waals surface area contributed by atoms with Crippen LogP contribution in [-0.4, -0.2) is 31.7 Å². The zero-order chi connectivity index (χ0) is 11.4. The second kappa shape index (κ2) is 4.47. The molecule has 2 heterocycles. The zero-order valence-electron chi connectivity index (χ0n) is 8.57. The normalized spacial score (nSPS) is 10.1. The summed E-state index contributed by atoms with van der Waals surface area (Å²) in [6.07, 6.45) is 1.46. The molecule has 16 heavy (non-hydrogen) atoms. The van der Waals surface area contributed by atoms with Gasteiger partial charge in [-0.15, -0.1) is 5.10 Å². The lowest BCUT2D eigenvalue weighted by molar-refractivity contribution is -0.129. The average Bonchev–Trinajstić information content (AvgIpc) is 2.81. The van der Waals surface area contributed by atoms with Gasteiger partial charge in [0, 0.05) is 11.3 Å². The van der Waals surface area contributed by atoms with Crippen LogP contribution in [-0.2, 0) is 16.1 Å². The Morgan fingerprint density at radius 2 is 2.38 bits per heavy atom. The fourth-order valence-electron chi connectivity index (χ4n) is 1.25. The Hall–Kier alpha value is -2.31. The van der Waals surface area contributed by atoms with Crippen LogP contribution < -0.4 is 0 Å². The number of hydrogen-bond donors (Lipinski definition) is 0. The Labute approximate surface area is 91.1 Å². The molecule has 0 N–H and O–H groups in total. The zero-order valence-corrected chi connectivity index (χ0v) is 8.57. The molecule has 0 bridgehead atoms. The molecule has 82 valence electrons. The molecule has 0 aliphatic heterocycles. The van der Waals surface area contributed by atoms with Crippen molar-refractivity contribution in [2.75, 3.05) is 0 Å². The third-order valence-corrected chi connectivity index (χ3v) is 2.07. The molecule has 0 saturated carbocycles. The molecule has 0 atom stereocenters. The van der Waals surface area contributed by atoms with Gasteiger partial charge in [-0.3, -0.25) is 4.79 Å². The lowest BCUT2D eigenvalue weighted by Crippen LogP contribution is -2.03. The highest BCUT2D eigenvalue weighted by Gasteiger charge is 2.04. The van der Waals surface area contributed by atoms with Crippen LogP contribution in [0.25, 0.3) is 5.82 Å². The SMILES string of the molecule is Cc1nc(-n2cnnn2)ccc1COC=O. The standard InChI is InChI=1S/C9H9N5O2/c1-7-8(4-16-6-15)2-3-9(11-7)14-5-10-12-13-14/h2-3,5-6H,4H2,1H3. The molecule has 7 heteroatoms. The van der Waals surface area contributed by atoms with Crippen molar-refractivity contribution in [2.24, 2.45) is 0 Å². The second-order valence-electron chi connectivity index (χ2n) is 3.08. The van der Waals surface area contributed by atoms with Crippen molar-refractivity contribution >= 4 is 6.47 Å². The molecule has 0 amide bonds. The summed E-state index contributed by atoms with van der Waals surface area (Å²) >= 11 is 0. The summed E-state index contributed by atoms with van der Waals surface area (Å²) in [6, 6.07) is 3.58. The van der Waals surface area contributed by atoms with Gasteiger partial charge in [0.15, 0.2) is 5.82 Å². The summed E-state index contributed by atoms with van der Waals surface area (Å²) in [7, 11) is 0. The molecule has 7 nitrogen and oxygen atoms in total. The Morgan fingerprint density at radius 1 is 1.50 bits per heavy atom. The van der Waals surface area contributed by atoms with Crippen LogP contribution in [0.3, 0.4) is 0 Å². The quantitative estimate of drug-likeness (QED) is 0.675. The van der Waals surface area contributed by atoms with E-state index in [1.807, 2.05) is 13.0 Å². The minimum atomic E-state index is 0.220. The third kappa shape index (κ3) is 2.02. The molecular formula is C9H9N5O2. The minimum absolute atomic E-state index is 0.220. The molecule has 0 aromatic carbocycles. The van der Waals surface area contributed by atoms with Crippen LogP contribution >= 0.6 is 0 Å². The van der Waals surface area contributed by atoms with E-state index in [4.69, 9.17) is 0 Å². The van der Waals surface area contributed by atoms with Crippen molar-refractivity contribution in [1.29, 1.82) is 0 Å². The van der Waals surface area contributed by atoms with Gasteiger partial charge in [-0.25, -0.2) is 4.98 Å². The van der Waals surface area contributed by atoms with Crippen molar-refractivity contribution in [3.63, 3.8) is 0 Å². The van der Waals surface area contributed by atoms with E-state index in [2.05, 4.69) is 25.2 Å². The lowest BCUT2D eigenvalue weighted by Gasteiger charge is -2.05. The summed E-state index contributed by atoms with van der Waals surface area (Å²) in [5, 5.41) is 10.8. The number of nitrogens with zero attached hydrogens (tertiary/aromatic N) is 5. The van der Waals surface area contributed by atoms with Crippen LogP contribution in [0.2, 0.25) is 0 Å². The number of carbonyl (C=O) groups is 1. The highest BCUT2D eigenvalue weighted by molar-refractivity contribution is 5.38. The smallest absolute Gasteiger partial charge is 0.293 e. The molecule has 0 radical (unpaired) electrons. The molecule has 0 saturated heterocycles. The van der Waals surface area contributed by atoms with Gasteiger partial charge in [0.2, 0.25) is 0 Å². The third-order valence-electron chi connectivity index (χ3n) is 2.07. The van der Waals surface area contributed by atoms with Gasteiger partial charge < -0.3 is 4.74 Å². The van der Waals surface area contributed by atoms with E-state index in [-0.39, 0.29) is 6.61 Å². The Bertz CT molecular complexity index is 483. The molecule has 2 aromatic rings. The van der Waals surface area contributed by atoms with Crippen molar-refractivity contribution < 1.29 is 9.53 Å². The lowest BCUT2D eigenvalue weighted by atomic mass is 10.2. The van der Waals surface area contributed by atoms with Crippen molar-refractivity contribution in [2.45, 2.75) is 13.5 Å². The monoisotopic (exact) mass is 219 g/mol. The highest BCUT2D eigenvalue weighted by Crippen LogP contribution is 2.09. The number of ether oxygens (including phenoxy) is 1. The summed E-state index contributed by atoms with van der Waals surface area (Å²) in [5.74, 6) is 0.623. The van der Waals surface area contributed by atoms with Crippen LogP contribution in [0.1, 0.15) is 11.3 Å². The van der Waals surface area contributed by atoms with Gasteiger partial charge in [0.25, 0.3) is 6.47 Å².